The van der Waals surface area contributed by atoms with Crippen LogP contribution in [-0.2, 0) is 17.4 Å². The molecule has 0 aliphatic heterocycles. The van der Waals surface area contributed by atoms with Crippen molar-refractivity contribution >= 4 is 11.0 Å². The number of H-pyrrole nitrogens is 1. The Morgan fingerprint density at radius 3 is 2.20 bits per heavy atom. The molecule has 0 saturated heterocycles. The molecule has 1 aromatic heterocycles. The number of phenols is 1. The van der Waals surface area contributed by atoms with E-state index in [1.54, 1.807) is 0 Å². The molecule has 0 amide bonds. The van der Waals surface area contributed by atoms with Crippen molar-refractivity contribution in [2.24, 2.45) is 0 Å². The van der Waals surface area contributed by atoms with Gasteiger partial charge in [0.15, 0.2) is 0 Å². The molecule has 30 heavy (non-hydrogen) atoms. The van der Waals surface area contributed by atoms with Crippen molar-refractivity contribution in [1.29, 1.82) is 0 Å². The molecule has 1 heterocycles. The van der Waals surface area contributed by atoms with Crippen molar-refractivity contribution < 1.29 is 5.11 Å². The number of para-hydroxylation sites is 1. The highest BCUT2D eigenvalue weighted by molar-refractivity contribution is 5.84. The molecule has 0 radical (unpaired) electrons. The number of fused-ring (bicyclic) bond motifs is 1. The molecule has 2 aromatic carbocycles. The van der Waals surface area contributed by atoms with Crippen molar-refractivity contribution in [2.45, 2.75) is 72.8 Å². The standard InChI is InChI=1S/C26H37N3O/c1-9-29(10-2)16-17-12-11-13-21-22(17)28-24(27-21)19-14-18(25(3,4)5)15-20(23(19)30)26(6,7)8/h11-15,30H,9-10,16H2,1-8H3,(H,27,28). The van der Waals surface area contributed by atoms with Gasteiger partial charge in [-0.2, -0.15) is 0 Å². The number of aromatic nitrogens is 2. The van der Waals surface area contributed by atoms with Crippen LogP contribution in [0.3, 0.4) is 0 Å². The highest BCUT2D eigenvalue weighted by Gasteiger charge is 2.26. The summed E-state index contributed by atoms with van der Waals surface area (Å²) in [7, 11) is 0. The first-order valence-electron chi connectivity index (χ1n) is 11.0. The third-order valence-electron chi connectivity index (χ3n) is 5.92. The van der Waals surface area contributed by atoms with Crippen LogP contribution >= 0.6 is 0 Å². The molecule has 2 N–H and O–H groups in total. The Labute approximate surface area is 181 Å². The van der Waals surface area contributed by atoms with Gasteiger partial charge in [0, 0.05) is 12.1 Å². The predicted molar refractivity (Wildman–Crippen MR) is 127 cm³/mol. The number of nitrogens with zero attached hydrogens (tertiary/aromatic N) is 2. The fourth-order valence-corrected chi connectivity index (χ4v) is 3.85. The molecular weight excluding hydrogens is 370 g/mol. The highest BCUT2D eigenvalue weighted by atomic mass is 16.3. The molecule has 0 atom stereocenters. The van der Waals surface area contributed by atoms with E-state index in [1.807, 2.05) is 0 Å². The zero-order chi connectivity index (χ0) is 22.3. The zero-order valence-corrected chi connectivity index (χ0v) is 19.8. The summed E-state index contributed by atoms with van der Waals surface area (Å²) in [6.45, 7) is 20.3. The quantitative estimate of drug-likeness (QED) is 0.516. The average Bonchev–Trinajstić information content (AvgIpc) is 3.09. The van der Waals surface area contributed by atoms with Gasteiger partial charge in [-0.25, -0.2) is 4.98 Å². The minimum absolute atomic E-state index is 0.0254. The van der Waals surface area contributed by atoms with Crippen molar-refractivity contribution in [2.75, 3.05) is 13.1 Å². The van der Waals surface area contributed by atoms with Gasteiger partial charge in [-0.05, 0) is 47.2 Å². The molecule has 0 fully saturated rings. The van der Waals surface area contributed by atoms with Crippen LogP contribution in [0.1, 0.15) is 72.1 Å². The Hall–Kier alpha value is -2.33. The lowest BCUT2D eigenvalue weighted by Crippen LogP contribution is -2.22. The molecule has 0 spiro atoms. The van der Waals surface area contributed by atoms with Gasteiger partial charge in [0.05, 0.1) is 16.6 Å². The fraction of sp³-hybridized carbons (Fsp3) is 0.500. The summed E-state index contributed by atoms with van der Waals surface area (Å²) in [5.41, 5.74) is 5.93. The zero-order valence-electron chi connectivity index (χ0n) is 19.8. The van der Waals surface area contributed by atoms with Crippen LogP contribution in [0.15, 0.2) is 30.3 Å². The van der Waals surface area contributed by atoms with Crippen LogP contribution < -0.4 is 0 Å². The SMILES string of the molecule is CCN(CC)Cc1cccc2[nH]c(-c3cc(C(C)(C)C)cc(C(C)(C)C)c3O)nc12. The summed E-state index contributed by atoms with van der Waals surface area (Å²) in [6, 6.07) is 10.5. The summed E-state index contributed by atoms with van der Waals surface area (Å²) in [6.07, 6.45) is 0. The molecule has 4 nitrogen and oxygen atoms in total. The third kappa shape index (κ3) is 4.39. The number of aromatic hydroxyl groups is 1. The first-order valence-corrected chi connectivity index (χ1v) is 11.0. The Morgan fingerprint density at radius 1 is 0.967 bits per heavy atom. The van der Waals surface area contributed by atoms with Crippen LogP contribution in [0.25, 0.3) is 22.4 Å². The van der Waals surface area contributed by atoms with Crippen LogP contribution in [0.2, 0.25) is 0 Å². The molecule has 0 aliphatic rings. The Bertz CT molecular complexity index is 1030. The molecule has 162 valence electrons. The number of aromatic amines is 1. The van der Waals surface area contributed by atoms with Crippen LogP contribution in [0.5, 0.6) is 5.75 Å². The predicted octanol–water partition coefficient (Wildman–Crippen LogP) is 6.37. The minimum Gasteiger partial charge on any atom is -0.507 e. The van der Waals surface area contributed by atoms with E-state index in [9.17, 15) is 5.11 Å². The van der Waals surface area contributed by atoms with Gasteiger partial charge in [-0.15, -0.1) is 0 Å². The first kappa shape index (κ1) is 22.4. The molecule has 0 unspecified atom stereocenters. The van der Waals surface area contributed by atoms with Gasteiger partial charge in [0.2, 0.25) is 0 Å². The van der Waals surface area contributed by atoms with E-state index in [1.165, 1.54) is 11.1 Å². The number of nitrogens with one attached hydrogen (secondary N) is 1. The molecule has 0 saturated carbocycles. The summed E-state index contributed by atoms with van der Waals surface area (Å²) in [4.78, 5) is 10.8. The monoisotopic (exact) mass is 407 g/mol. The van der Waals surface area contributed by atoms with E-state index >= 15 is 0 Å². The summed E-state index contributed by atoms with van der Waals surface area (Å²) in [5.74, 6) is 1.05. The average molecular weight is 408 g/mol. The van der Waals surface area contributed by atoms with Crippen molar-refractivity contribution in [3.05, 3.63) is 47.0 Å². The van der Waals surface area contributed by atoms with Gasteiger partial charge in [0.1, 0.15) is 11.6 Å². The molecule has 0 aliphatic carbocycles. The second-order valence-corrected chi connectivity index (χ2v) is 10.3. The minimum atomic E-state index is -0.167. The number of hydrogen-bond donors (Lipinski definition) is 2. The normalized spacial score (nSPS) is 12.8. The summed E-state index contributed by atoms with van der Waals surface area (Å²) >= 11 is 0. The second kappa shape index (κ2) is 8.07. The second-order valence-electron chi connectivity index (χ2n) is 10.3. The maximum absolute atomic E-state index is 11.2. The number of benzene rings is 2. The van der Waals surface area contributed by atoms with Gasteiger partial charge < -0.3 is 10.1 Å². The van der Waals surface area contributed by atoms with Crippen LogP contribution in [0.4, 0.5) is 0 Å². The van der Waals surface area contributed by atoms with E-state index in [-0.39, 0.29) is 10.8 Å². The Balaban J connectivity index is 2.20. The van der Waals surface area contributed by atoms with E-state index in [0.29, 0.717) is 5.75 Å². The molecule has 4 heteroatoms. The first-order chi connectivity index (χ1) is 14.0. The maximum Gasteiger partial charge on any atom is 0.142 e. The lowest BCUT2D eigenvalue weighted by Gasteiger charge is -2.27. The van der Waals surface area contributed by atoms with Crippen molar-refractivity contribution in [3.8, 4) is 17.1 Å². The highest BCUT2D eigenvalue weighted by Crippen LogP contribution is 2.41. The molecular formula is C26H37N3O. The number of imidazole rings is 1. The topological polar surface area (TPSA) is 52.2 Å². The summed E-state index contributed by atoms with van der Waals surface area (Å²) < 4.78 is 0. The number of hydrogen-bond acceptors (Lipinski definition) is 3. The maximum atomic E-state index is 11.2. The van der Waals surface area contributed by atoms with Gasteiger partial charge in [-0.1, -0.05) is 73.6 Å². The Morgan fingerprint density at radius 2 is 1.63 bits per heavy atom. The van der Waals surface area contributed by atoms with Gasteiger partial charge >= 0.3 is 0 Å². The smallest absolute Gasteiger partial charge is 0.142 e. The van der Waals surface area contributed by atoms with Crippen LogP contribution in [-0.4, -0.2) is 33.1 Å². The third-order valence-corrected chi connectivity index (χ3v) is 5.92. The van der Waals surface area contributed by atoms with Crippen LogP contribution in [0, 0.1) is 0 Å². The van der Waals surface area contributed by atoms with Gasteiger partial charge in [-0.3, -0.25) is 4.90 Å². The van der Waals surface area contributed by atoms with Crippen molar-refractivity contribution in [3.63, 3.8) is 0 Å². The largest absolute Gasteiger partial charge is 0.507 e. The molecule has 3 aromatic rings. The fourth-order valence-electron chi connectivity index (χ4n) is 3.85. The van der Waals surface area contributed by atoms with E-state index in [0.717, 1.165) is 47.6 Å². The lowest BCUT2D eigenvalue weighted by atomic mass is 9.79. The number of rotatable bonds is 5. The van der Waals surface area contributed by atoms with E-state index in [2.05, 4.69) is 95.6 Å². The molecule has 3 rings (SSSR count). The van der Waals surface area contributed by atoms with E-state index < -0.39 is 0 Å². The molecule has 0 bridgehead atoms. The van der Waals surface area contributed by atoms with E-state index in [4.69, 9.17) is 4.98 Å². The summed E-state index contributed by atoms with van der Waals surface area (Å²) in [5, 5.41) is 11.2. The lowest BCUT2D eigenvalue weighted by molar-refractivity contribution is 0.297. The van der Waals surface area contributed by atoms with Gasteiger partial charge in [0.25, 0.3) is 0 Å². The number of phenolic OH excluding ortho intramolecular Hbond substituents is 1. The Kier molecular flexibility index (Phi) is 6.01. The van der Waals surface area contributed by atoms with Crippen molar-refractivity contribution in [1.82, 2.24) is 14.9 Å².